The van der Waals surface area contributed by atoms with Gasteiger partial charge in [-0.25, -0.2) is 4.98 Å². The van der Waals surface area contributed by atoms with E-state index in [0.717, 1.165) is 16.5 Å². The molecular weight excluding hydrogens is 652 g/mol. The van der Waals surface area contributed by atoms with Gasteiger partial charge in [-0.05, 0) is 64.8 Å². The predicted octanol–water partition coefficient (Wildman–Crippen LogP) is 8.86. The average molecular weight is 673 g/mol. The average Bonchev–Trinajstić information content (AvgIpc) is 2.83. The molecule has 1 heterocycles. The second-order valence-electron chi connectivity index (χ2n) is 8.13. The monoisotopic (exact) mass is 669 g/mol. The molecule has 0 bridgehead atoms. The van der Waals surface area contributed by atoms with Crippen LogP contribution in [-0.2, 0) is 6.61 Å². The van der Waals surface area contributed by atoms with E-state index in [9.17, 15) is 4.79 Å². The molecule has 0 unspecified atom stereocenters. The third-order valence-electron chi connectivity index (χ3n) is 5.62. The fraction of sp³-hybridized carbons (Fsp3) is 0.192. The van der Waals surface area contributed by atoms with Crippen molar-refractivity contribution in [3.63, 3.8) is 0 Å². The normalized spacial score (nSPS) is 12.4. The molecule has 0 spiro atoms. The second-order valence-corrected chi connectivity index (χ2v) is 11.2. The lowest BCUT2D eigenvalue weighted by atomic mass is 10.1. The minimum absolute atomic E-state index is 0.0109. The fourth-order valence-corrected chi connectivity index (χ4v) is 5.29. The van der Waals surface area contributed by atoms with Crippen LogP contribution in [0.1, 0.15) is 43.1 Å². The standard InChI is InChI=1S/C26H20Br2Cl3N3O2/c1-3-14(2)25-33-23-7-5-17(27)9-20(23)26(35)34(25)32-12-16-8-19(30)10-21(28)24(16)36-13-15-4-6-18(29)11-22(15)31/h4-12,14H,3,13H2,1-2H3/t14-/m0/s1. The van der Waals surface area contributed by atoms with Crippen LogP contribution in [-0.4, -0.2) is 15.9 Å². The lowest BCUT2D eigenvalue weighted by Gasteiger charge is -2.15. The number of hydrogen-bond donors (Lipinski definition) is 0. The van der Waals surface area contributed by atoms with Crippen LogP contribution in [0.5, 0.6) is 5.75 Å². The summed E-state index contributed by atoms with van der Waals surface area (Å²) in [6.07, 6.45) is 2.34. The van der Waals surface area contributed by atoms with E-state index in [1.165, 1.54) is 4.68 Å². The minimum atomic E-state index is -0.260. The van der Waals surface area contributed by atoms with Crippen LogP contribution in [0.3, 0.4) is 0 Å². The number of fused-ring (bicyclic) bond motifs is 1. The highest BCUT2D eigenvalue weighted by Gasteiger charge is 2.17. The third-order valence-corrected chi connectivity index (χ3v) is 7.51. The molecule has 186 valence electrons. The van der Waals surface area contributed by atoms with Crippen molar-refractivity contribution in [1.82, 2.24) is 9.66 Å². The summed E-state index contributed by atoms with van der Waals surface area (Å²) in [7, 11) is 0. The number of nitrogens with zero attached hydrogens (tertiary/aromatic N) is 3. The molecule has 0 aliphatic carbocycles. The highest BCUT2D eigenvalue weighted by Crippen LogP contribution is 2.33. The first-order valence-corrected chi connectivity index (χ1v) is 13.7. The first-order chi connectivity index (χ1) is 17.2. The van der Waals surface area contributed by atoms with E-state index in [-0.39, 0.29) is 18.1 Å². The van der Waals surface area contributed by atoms with Gasteiger partial charge in [0.2, 0.25) is 0 Å². The van der Waals surface area contributed by atoms with Crippen LogP contribution in [0.4, 0.5) is 0 Å². The summed E-state index contributed by atoms with van der Waals surface area (Å²) in [5.41, 5.74) is 1.71. The van der Waals surface area contributed by atoms with Gasteiger partial charge in [-0.15, -0.1) is 0 Å². The molecule has 0 amide bonds. The summed E-state index contributed by atoms with van der Waals surface area (Å²) in [4.78, 5) is 18.2. The Morgan fingerprint density at radius 2 is 1.86 bits per heavy atom. The molecule has 0 fully saturated rings. The molecule has 0 aliphatic heterocycles. The Kier molecular flexibility index (Phi) is 8.79. The maximum atomic E-state index is 13.4. The van der Waals surface area contributed by atoms with Crippen LogP contribution in [0.25, 0.3) is 10.9 Å². The Hall–Kier alpha value is -1.90. The van der Waals surface area contributed by atoms with Crippen molar-refractivity contribution in [2.24, 2.45) is 5.10 Å². The molecular formula is C26H20Br2Cl3N3O2. The van der Waals surface area contributed by atoms with Crippen LogP contribution in [0.2, 0.25) is 15.1 Å². The zero-order valence-electron chi connectivity index (χ0n) is 19.2. The number of benzene rings is 3. The number of halogens is 5. The van der Waals surface area contributed by atoms with E-state index in [1.54, 1.807) is 42.6 Å². The summed E-state index contributed by atoms with van der Waals surface area (Å²) in [6.45, 7) is 4.25. The van der Waals surface area contributed by atoms with Gasteiger partial charge in [-0.3, -0.25) is 4.79 Å². The zero-order valence-corrected chi connectivity index (χ0v) is 24.7. The van der Waals surface area contributed by atoms with Gasteiger partial charge in [0.15, 0.2) is 0 Å². The van der Waals surface area contributed by atoms with Gasteiger partial charge in [0.05, 0.1) is 21.6 Å². The Bertz CT molecular complexity index is 1540. The molecule has 0 saturated heterocycles. The summed E-state index contributed by atoms with van der Waals surface area (Å²) >= 11 is 25.6. The molecule has 0 aliphatic rings. The van der Waals surface area contributed by atoms with Crippen molar-refractivity contribution in [2.75, 3.05) is 0 Å². The molecule has 1 aromatic heterocycles. The summed E-state index contributed by atoms with van der Waals surface area (Å²) < 4.78 is 8.87. The van der Waals surface area contributed by atoms with Gasteiger partial charge in [-0.1, -0.05) is 70.6 Å². The first kappa shape index (κ1) is 27.1. The van der Waals surface area contributed by atoms with Crippen LogP contribution in [0, 0.1) is 0 Å². The number of rotatable bonds is 7. The Morgan fingerprint density at radius 3 is 2.58 bits per heavy atom. The van der Waals surface area contributed by atoms with Crippen molar-refractivity contribution >= 4 is 83.8 Å². The van der Waals surface area contributed by atoms with Gasteiger partial charge in [0.1, 0.15) is 18.2 Å². The van der Waals surface area contributed by atoms with Crippen LogP contribution >= 0.6 is 66.7 Å². The smallest absolute Gasteiger partial charge is 0.282 e. The third kappa shape index (κ3) is 5.97. The molecule has 4 aromatic rings. The molecule has 0 saturated carbocycles. The fourth-order valence-electron chi connectivity index (χ4n) is 3.52. The predicted molar refractivity (Wildman–Crippen MR) is 155 cm³/mol. The summed E-state index contributed by atoms with van der Waals surface area (Å²) in [6, 6.07) is 14.1. The van der Waals surface area contributed by atoms with Gasteiger partial charge >= 0.3 is 0 Å². The van der Waals surface area contributed by atoms with E-state index >= 15 is 0 Å². The molecule has 3 aromatic carbocycles. The number of aromatic nitrogens is 2. The van der Waals surface area contributed by atoms with E-state index in [0.29, 0.717) is 47.6 Å². The molecule has 1 atom stereocenters. The van der Waals surface area contributed by atoms with Crippen molar-refractivity contribution in [3.8, 4) is 5.75 Å². The van der Waals surface area contributed by atoms with E-state index < -0.39 is 0 Å². The maximum Gasteiger partial charge on any atom is 0.282 e. The zero-order chi connectivity index (χ0) is 26.0. The van der Waals surface area contributed by atoms with Crippen molar-refractivity contribution in [3.05, 3.63) is 99.8 Å². The highest BCUT2D eigenvalue weighted by molar-refractivity contribution is 9.10. The Balaban J connectivity index is 1.78. The topological polar surface area (TPSA) is 56.5 Å². The van der Waals surface area contributed by atoms with E-state index in [1.807, 2.05) is 26.0 Å². The van der Waals surface area contributed by atoms with Crippen molar-refractivity contribution in [1.29, 1.82) is 0 Å². The van der Waals surface area contributed by atoms with Gasteiger partial charge in [0.25, 0.3) is 5.56 Å². The van der Waals surface area contributed by atoms with Gasteiger partial charge in [0, 0.05) is 36.6 Å². The maximum absolute atomic E-state index is 13.4. The number of ether oxygens (including phenoxy) is 1. The van der Waals surface area contributed by atoms with Crippen LogP contribution in [0.15, 0.2) is 67.4 Å². The lowest BCUT2D eigenvalue weighted by molar-refractivity contribution is 0.304. The quantitative estimate of drug-likeness (QED) is 0.185. The number of hydrogen-bond acceptors (Lipinski definition) is 4. The van der Waals surface area contributed by atoms with Crippen molar-refractivity contribution in [2.45, 2.75) is 32.8 Å². The molecule has 0 radical (unpaired) electrons. The minimum Gasteiger partial charge on any atom is -0.487 e. The lowest BCUT2D eigenvalue weighted by Crippen LogP contribution is -2.23. The van der Waals surface area contributed by atoms with Gasteiger partial charge < -0.3 is 4.74 Å². The van der Waals surface area contributed by atoms with Crippen LogP contribution < -0.4 is 10.3 Å². The Labute approximate surface area is 240 Å². The second kappa shape index (κ2) is 11.7. The van der Waals surface area contributed by atoms with Gasteiger partial charge in [-0.2, -0.15) is 9.78 Å². The highest BCUT2D eigenvalue weighted by atomic mass is 79.9. The SMILES string of the molecule is CC[C@H](C)c1nc2ccc(Br)cc2c(=O)n1N=Cc1cc(Cl)cc(Br)c1OCc1ccc(Cl)cc1Cl. The molecule has 5 nitrogen and oxygen atoms in total. The van der Waals surface area contributed by atoms with E-state index in [2.05, 4.69) is 37.0 Å². The van der Waals surface area contributed by atoms with E-state index in [4.69, 9.17) is 44.5 Å². The summed E-state index contributed by atoms with van der Waals surface area (Å²) in [5.74, 6) is 1.09. The molecule has 10 heteroatoms. The summed E-state index contributed by atoms with van der Waals surface area (Å²) in [5, 5.41) is 6.54. The largest absolute Gasteiger partial charge is 0.487 e. The molecule has 0 N–H and O–H groups in total. The molecule has 36 heavy (non-hydrogen) atoms. The Morgan fingerprint density at radius 1 is 1.08 bits per heavy atom. The molecule has 4 rings (SSSR count). The first-order valence-electron chi connectivity index (χ1n) is 11.0. The van der Waals surface area contributed by atoms with Crippen molar-refractivity contribution < 1.29 is 4.74 Å².